The second kappa shape index (κ2) is 8.14. The van der Waals surface area contributed by atoms with Crippen LogP contribution in [0.3, 0.4) is 0 Å². The van der Waals surface area contributed by atoms with E-state index in [0.717, 1.165) is 16.8 Å². The Kier molecular flexibility index (Phi) is 5.91. The van der Waals surface area contributed by atoms with E-state index in [-0.39, 0.29) is 6.03 Å². The highest BCUT2D eigenvalue weighted by molar-refractivity contribution is 5.89. The quantitative estimate of drug-likeness (QED) is 0.892. The monoisotopic (exact) mass is 299 g/mol. The van der Waals surface area contributed by atoms with Crippen LogP contribution in [0.2, 0.25) is 0 Å². The van der Waals surface area contributed by atoms with Crippen molar-refractivity contribution in [2.75, 3.05) is 25.6 Å². The summed E-state index contributed by atoms with van der Waals surface area (Å²) in [6.45, 7) is 3.55. The molecule has 0 fully saturated rings. The van der Waals surface area contributed by atoms with Gasteiger partial charge < -0.3 is 15.0 Å². The molecule has 0 spiro atoms. The van der Waals surface area contributed by atoms with Crippen molar-refractivity contribution in [2.24, 2.45) is 0 Å². The molecule has 1 aromatic heterocycles. The van der Waals surface area contributed by atoms with Gasteiger partial charge in [-0.15, -0.1) is 0 Å². The lowest BCUT2D eigenvalue weighted by atomic mass is 10.2. The molecule has 116 valence electrons. The van der Waals surface area contributed by atoms with Crippen LogP contribution < -0.4 is 5.32 Å². The van der Waals surface area contributed by atoms with E-state index in [1.807, 2.05) is 43.3 Å². The Hall–Kier alpha value is -2.40. The molecule has 5 nitrogen and oxygen atoms in total. The van der Waals surface area contributed by atoms with Crippen molar-refractivity contribution in [3.63, 3.8) is 0 Å². The number of benzene rings is 1. The smallest absolute Gasteiger partial charge is 0.322 e. The number of pyridine rings is 1. The van der Waals surface area contributed by atoms with Crippen molar-refractivity contribution >= 4 is 11.7 Å². The van der Waals surface area contributed by atoms with Gasteiger partial charge >= 0.3 is 6.03 Å². The molecule has 0 aliphatic heterocycles. The number of rotatable bonds is 6. The summed E-state index contributed by atoms with van der Waals surface area (Å²) in [5.41, 5.74) is 2.98. The molecule has 5 heteroatoms. The van der Waals surface area contributed by atoms with Gasteiger partial charge in [-0.3, -0.25) is 4.98 Å². The first-order valence-electron chi connectivity index (χ1n) is 7.19. The minimum atomic E-state index is -0.141. The zero-order chi connectivity index (χ0) is 15.8. The van der Waals surface area contributed by atoms with Gasteiger partial charge in [-0.05, 0) is 36.8 Å². The second-order valence-corrected chi connectivity index (χ2v) is 5.07. The second-order valence-electron chi connectivity index (χ2n) is 5.07. The van der Waals surface area contributed by atoms with Gasteiger partial charge in [0.1, 0.15) is 0 Å². The van der Waals surface area contributed by atoms with E-state index in [4.69, 9.17) is 4.74 Å². The lowest BCUT2D eigenvalue weighted by Crippen LogP contribution is -2.36. The zero-order valence-corrected chi connectivity index (χ0v) is 13.0. The van der Waals surface area contributed by atoms with Crippen molar-refractivity contribution < 1.29 is 9.53 Å². The fourth-order valence-electron chi connectivity index (χ4n) is 2.00. The fourth-order valence-corrected chi connectivity index (χ4v) is 2.00. The van der Waals surface area contributed by atoms with Crippen molar-refractivity contribution in [2.45, 2.75) is 13.5 Å². The lowest BCUT2D eigenvalue weighted by Gasteiger charge is -2.23. The van der Waals surface area contributed by atoms with E-state index in [1.165, 1.54) is 0 Å². The molecule has 0 radical (unpaired) electrons. The average molecular weight is 299 g/mol. The Morgan fingerprint density at radius 3 is 2.50 bits per heavy atom. The van der Waals surface area contributed by atoms with Gasteiger partial charge in [-0.2, -0.15) is 0 Å². The number of amides is 2. The predicted octanol–water partition coefficient (Wildman–Crippen LogP) is 3.07. The minimum absolute atomic E-state index is 0.141. The van der Waals surface area contributed by atoms with E-state index >= 15 is 0 Å². The van der Waals surface area contributed by atoms with E-state index in [9.17, 15) is 4.79 Å². The molecule has 1 heterocycles. The average Bonchev–Trinajstić information content (AvgIpc) is 2.54. The first-order valence-corrected chi connectivity index (χ1v) is 7.19. The largest absolute Gasteiger partial charge is 0.383 e. The van der Waals surface area contributed by atoms with Crippen molar-refractivity contribution in [1.82, 2.24) is 9.88 Å². The van der Waals surface area contributed by atoms with Gasteiger partial charge in [0.25, 0.3) is 0 Å². The topological polar surface area (TPSA) is 54.5 Å². The molecule has 0 saturated heterocycles. The molecule has 0 saturated carbocycles. The van der Waals surface area contributed by atoms with Crippen molar-refractivity contribution in [3.05, 3.63) is 59.9 Å². The number of aryl methyl sites for hydroxylation is 1. The Morgan fingerprint density at radius 2 is 1.86 bits per heavy atom. The van der Waals surface area contributed by atoms with Crippen LogP contribution in [0.4, 0.5) is 10.5 Å². The summed E-state index contributed by atoms with van der Waals surface area (Å²) in [6, 6.07) is 11.4. The number of nitrogens with one attached hydrogen (secondary N) is 1. The molecule has 0 aliphatic rings. The molecule has 2 rings (SSSR count). The molecular weight excluding hydrogens is 278 g/mol. The number of hydrogen-bond acceptors (Lipinski definition) is 3. The molecule has 2 aromatic rings. The highest BCUT2D eigenvalue weighted by Crippen LogP contribution is 2.11. The Balaban J connectivity index is 2.03. The van der Waals surface area contributed by atoms with E-state index < -0.39 is 0 Å². The van der Waals surface area contributed by atoms with Crippen LogP contribution in [0, 0.1) is 6.92 Å². The van der Waals surface area contributed by atoms with Crippen molar-refractivity contribution in [1.29, 1.82) is 0 Å². The van der Waals surface area contributed by atoms with E-state index in [1.54, 1.807) is 24.4 Å². The molecule has 0 atom stereocenters. The lowest BCUT2D eigenvalue weighted by molar-refractivity contribution is 0.153. The van der Waals surface area contributed by atoms with Gasteiger partial charge in [0.2, 0.25) is 0 Å². The molecule has 1 N–H and O–H groups in total. The SMILES string of the molecule is COCCN(Cc1ccncc1)C(=O)Nc1ccc(C)cc1. The molecule has 0 bridgehead atoms. The molecule has 0 aliphatic carbocycles. The van der Waals surface area contributed by atoms with Gasteiger partial charge in [-0.1, -0.05) is 17.7 Å². The van der Waals surface area contributed by atoms with Gasteiger partial charge in [-0.25, -0.2) is 4.79 Å². The molecule has 1 aromatic carbocycles. The predicted molar refractivity (Wildman–Crippen MR) is 86.7 cm³/mol. The third-order valence-electron chi connectivity index (χ3n) is 3.28. The maximum Gasteiger partial charge on any atom is 0.322 e. The number of hydrogen-bond donors (Lipinski definition) is 1. The first-order chi connectivity index (χ1) is 10.7. The van der Waals surface area contributed by atoms with Crippen LogP contribution in [0.15, 0.2) is 48.8 Å². The molecule has 2 amide bonds. The number of urea groups is 1. The maximum absolute atomic E-state index is 12.5. The maximum atomic E-state index is 12.5. The summed E-state index contributed by atoms with van der Waals surface area (Å²) < 4.78 is 5.09. The van der Waals surface area contributed by atoms with Gasteiger partial charge in [0, 0.05) is 38.3 Å². The van der Waals surface area contributed by atoms with Crippen LogP contribution in [0.5, 0.6) is 0 Å². The summed E-state index contributed by atoms with van der Waals surface area (Å²) in [5.74, 6) is 0. The number of methoxy groups -OCH3 is 1. The number of ether oxygens (including phenoxy) is 1. The third-order valence-corrected chi connectivity index (χ3v) is 3.28. The highest BCUT2D eigenvalue weighted by Gasteiger charge is 2.14. The van der Waals surface area contributed by atoms with E-state index in [2.05, 4.69) is 10.3 Å². The fraction of sp³-hybridized carbons (Fsp3) is 0.294. The van der Waals surface area contributed by atoms with Gasteiger partial charge in [0.05, 0.1) is 6.61 Å². The summed E-state index contributed by atoms with van der Waals surface area (Å²) in [5, 5.41) is 2.91. The van der Waals surface area contributed by atoms with Gasteiger partial charge in [0.15, 0.2) is 0 Å². The van der Waals surface area contributed by atoms with Crippen LogP contribution in [0.1, 0.15) is 11.1 Å². The summed E-state index contributed by atoms with van der Waals surface area (Å²) in [4.78, 5) is 18.2. The van der Waals surface area contributed by atoms with E-state index in [0.29, 0.717) is 19.7 Å². The summed E-state index contributed by atoms with van der Waals surface area (Å²) in [6.07, 6.45) is 3.45. The van der Waals surface area contributed by atoms with Crippen LogP contribution in [-0.2, 0) is 11.3 Å². The van der Waals surface area contributed by atoms with Crippen LogP contribution in [0.25, 0.3) is 0 Å². The number of aromatic nitrogens is 1. The molecular formula is C17H21N3O2. The normalized spacial score (nSPS) is 10.3. The highest BCUT2D eigenvalue weighted by atomic mass is 16.5. The Morgan fingerprint density at radius 1 is 1.18 bits per heavy atom. The Labute approximate surface area is 130 Å². The standard InChI is InChI=1S/C17H21N3O2/c1-14-3-5-16(6-4-14)19-17(21)20(11-12-22-2)13-15-7-9-18-10-8-15/h3-10H,11-13H2,1-2H3,(H,19,21). The Bertz CT molecular complexity index is 585. The summed E-state index contributed by atoms with van der Waals surface area (Å²) in [7, 11) is 1.63. The number of carbonyl (C=O) groups excluding carboxylic acids is 1. The summed E-state index contributed by atoms with van der Waals surface area (Å²) >= 11 is 0. The number of carbonyl (C=O) groups is 1. The third kappa shape index (κ3) is 4.86. The van der Waals surface area contributed by atoms with Crippen LogP contribution >= 0.6 is 0 Å². The van der Waals surface area contributed by atoms with Crippen LogP contribution in [-0.4, -0.2) is 36.2 Å². The number of nitrogens with zero attached hydrogens (tertiary/aromatic N) is 2. The zero-order valence-electron chi connectivity index (χ0n) is 13.0. The van der Waals surface area contributed by atoms with Crippen molar-refractivity contribution in [3.8, 4) is 0 Å². The number of anilines is 1. The molecule has 0 unspecified atom stereocenters. The first kappa shape index (κ1) is 16.0. The molecule has 22 heavy (non-hydrogen) atoms. The minimum Gasteiger partial charge on any atom is -0.383 e.